The molecule has 1 heterocycles. The third kappa shape index (κ3) is 4.42. The first-order chi connectivity index (χ1) is 12.3. The molecule has 1 N–H and O–H groups in total. The van der Waals surface area contributed by atoms with Crippen LogP contribution in [0.5, 0.6) is 0 Å². The Morgan fingerprint density at radius 1 is 1.41 bits per heavy atom. The van der Waals surface area contributed by atoms with Crippen molar-refractivity contribution in [1.82, 2.24) is 9.71 Å². The lowest BCUT2D eigenvalue weighted by atomic mass is 9.86. The standard InChI is InChI=1S/C17H23BrFN3O3S2/c1-15(2,3)26(23)22-16(4,13-8-12(18)9-21-14(13)19)11-27(24,25)17(10-20)6-5-7-17/h8-9,22H,5-7,11H2,1-4H3. The Kier molecular flexibility index (Phi) is 6.22. The molecule has 1 aromatic heterocycles. The van der Waals surface area contributed by atoms with Gasteiger partial charge in [-0.05, 0) is 69.0 Å². The van der Waals surface area contributed by atoms with Gasteiger partial charge in [-0.15, -0.1) is 0 Å². The molecule has 27 heavy (non-hydrogen) atoms. The Morgan fingerprint density at radius 3 is 2.44 bits per heavy atom. The van der Waals surface area contributed by atoms with E-state index in [9.17, 15) is 22.3 Å². The topological polar surface area (TPSA) is 99.9 Å². The van der Waals surface area contributed by atoms with Crippen LogP contribution in [0.15, 0.2) is 16.7 Å². The molecule has 0 aromatic carbocycles. The van der Waals surface area contributed by atoms with Gasteiger partial charge in [-0.3, -0.25) is 0 Å². The molecule has 0 aliphatic heterocycles. The normalized spacial score (nSPS) is 20.2. The predicted octanol–water partition coefficient (Wildman–Crippen LogP) is 3.11. The van der Waals surface area contributed by atoms with Crippen molar-refractivity contribution in [2.24, 2.45) is 0 Å². The highest BCUT2D eigenvalue weighted by molar-refractivity contribution is 9.10. The summed E-state index contributed by atoms with van der Waals surface area (Å²) in [4.78, 5) is 3.65. The Hall–Kier alpha value is -0.890. The lowest BCUT2D eigenvalue weighted by Gasteiger charge is -2.39. The number of sulfone groups is 1. The summed E-state index contributed by atoms with van der Waals surface area (Å²) >= 11 is 3.22. The largest absolute Gasteiger partial charge is 0.242 e. The SMILES string of the molecule is CC(CS(=O)(=O)C1(C#N)CCC1)(NS(=O)C(C)(C)C)c1cc(Br)cnc1F. The van der Waals surface area contributed by atoms with Gasteiger partial charge in [0.25, 0.3) is 0 Å². The Balaban J connectivity index is 2.55. The number of nitriles is 1. The number of nitrogens with one attached hydrogen (secondary N) is 1. The minimum Gasteiger partial charge on any atom is -0.242 e. The molecule has 0 saturated heterocycles. The van der Waals surface area contributed by atoms with Crippen molar-refractivity contribution in [1.29, 1.82) is 5.26 Å². The van der Waals surface area contributed by atoms with Crippen molar-refractivity contribution in [3.8, 4) is 6.07 Å². The molecule has 1 saturated carbocycles. The molecule has 0 radical (unpaired) electrons. The van der Waals surface area contributed by atoms with Crippen LogP contribution in [0.4, 0.5) is 4.39 Å². The van der Waals surface area contributed by atoms with Gasteiger partial charge in [-0.2, -0.15) is 9.65 Å². The average molecular weight is 480 g/mol. The van der Waals surface area contributed by atoms with Crippen LogP contribution in [0, 0.1) is 17.3 Å². The van der Waals surface area contributed by atoms with Crippen molar-refractivity contribution in [3.05, 3.63) is 28.2 Å². The van der Waals surface area contributed by atoms with Crippen molar-refractivity contribution in [3.63, 3.8) is 0 Å². The highest BCUT2D eigenvalue weighted by atomic mass is 79.9. The number of pyridine rings is 1. The highest BCUT2D eigenvalue weighted by Crippen LogP contribution is 2.42. The third-order valence-corrected chi connectivity index (χ3v) is 9.54. The van der Waals surface area contributed by atoms with Crippen molar-refractivity contribution in [2.45, 2.75) is 62.0 Å². The van der Waals surface area contributed by atoms with Crippen LogP contribution in [0.3, 0.4) is 0 Å². The fraction of sp³-hybridized carbons (Fsp3) is 0.647. The van der Waals surface area contributed by atoms with Gasteiger partial charge < -0.3 is 0 Å². The van der Waals surface area contributed by atoms with Gasteiger partial charge in [-0.1, -0.05) is 0 Å². The van der Waals surface area contributed by atoms with E-state index in [1.807, 2.05) is 6.07 Å². The smallest absolute Gasteiger partial charge is 0.218 e. The number of nitrogens with zero attached hydrogens (tertiary/aromatic N) is 2. The molecule has 2 unspecified atom stereocenters. The van der Waals surface area contributed by atoms with Gasteiger partial charge in [0.1, 0.15) is 0 Å². The third-order valence-electron chi connectivity index (χ3n) is 4.71. The van der Waals surface area contributed by atoms with Crippen molar-refractivity contribution < 1.29 is 17.0 Å². The van der Waals surface area contributed by atoms with Crippen LogP contribution < -0.4 is 4.72 Å². The van der Waals surface area contributed by atoms with E-state index >= 15 is 0 Å². The molecule has 0 amide bonds. The zero-order chi connectivity index (χ0) is 20.7. The molecule has 0 bridgehead atoms. The first kappa shape index (κ1) is 22.4. The van der Waals surface area contributed by atoms with E-state index in [1.165, 1.54) is 19.2 Å². The van der Waals surface area contributed by atoms with Crippen LogP contribution in [-0.2, 0) is 26.4 Å². The number of aromatic nitrogens is 1. The zero-order valence-corrected chi connectivity index (χ0v) is 18.9. The van der Waals surface area contributed by atoms with Crippen molar-refractivity contribution in [2.75, 3.05) is 5.75 Å². The zero-order valence-electron chi connectivity index (χ0n) is 15.7. The monoisotopic (exact) mass is 479 g/mol. The molecule has 1 aliphatic rings. The summed E-state index contributed by atoms with van der Waals surface area (Å²) in [7, 11) is -5.61. The van der Waals surface area contributed by atoms with Gasteiger partial charge in [0, 0.05) is 16.2 Å². The summed E-state index contributed by atoms with van der Waals surface area (Å²) in [5.74, 6) is -1.42. The maximum Gasteiger partial charge on any atom is 0.218 e. The molecule has 2 atom stereocenters. The molecular weight excluding hydrogens is 457 g/mol. The second-order valence-electron chi connectivity index (χ2n) is 8.03. The van der Waals surface area contributed by atoms with E-state index in [1.54, 1.807) is 20.8 Å². The summed E-state index contributed by atoms with van der Waals surface area (Å²) in [6.07, 6.45) is 2.42. The second-order valence-corrected chi connectivity index (χ2v) is 13.2. The molecule has 1 fully saturated rings. The summed E-state index contributed by atoms with van der Waals surface area (Å²) in [6, 6.07) is 3.35. The van der Waals surface area contributed by atoms with Gasteiger partial charge in [0.15, 0.2) is 14.6 Å². The Morgan fingerprint density at radius 2 is 2.00 bits per heavy atom. The minimum absolute atomic E-state index is 0.0227. The fourth-order valence-corrected chi connectivity index (χ4v) is 6.47. The molecule has 0 spiro atoms. The van der Waals surface area contributed by atoms with Gasteiger partial charge >= 0.3 is 0 Å². The molecule has 1 aliphatic carbocycles. The first-order valence-electron chi connectivity index (χ1n) is 8.41. The lowest BCUT2D eigenvalue weighted by molar-refractivity contribution is 0.390. The molecule has 10 heteroatoms. The summed E-state index contributed by atoms with van der Waals surface area (Å²) in [5.41, 5.74) is -1.55. The van der Waals surface area contributed by atoms with Crippen LogP contribution >= 0.6 is 15.9 Å². The average Bonchev–Trinajstić information content (AvgIpc) is 2.47. The van der Waals surface area contributed by atoms with Gasteiger partial charge in [0.2, 0.25) is 5.95 Å². The number of halogens is 2. The molecule has 150 valence electrons. The number of rotatable bonds is 6. The molecule has 2 rings (SSSR count). The van der Waals surface area contributed by atoms with E-state index in [2.05, 4.69) is 25.6 Å². The van der Waals surface area contributed by atoms with E-state index < -0.39 is 47.6 Å². The van der Waals surface area contributed by atoms with E-state index in [0.29, 0.717) is 10.9 Å². The van der Waals surface area contributed by atoms with Crippen LogP contribution in [-0.4, -0.2) is 32.9 Å². The Bertz CT molecular complexity index is 905. The second kappa shape index (κ2) is 7.50. The molecule has 1 aromatic rings. The lowest BCUT2D eigenvalue weighted by Crippen LogP contribution is -2.55. The first-order valence-corrected chi connectivity index (χ1v) is 12.0. The van der Waals surface area contributed by atoms with E-state index in [-0.39, 0.29) is 18.4 Å². The predicted molar refractivity (Wildman–Crippen MR) is 106 cm³/mol. The summed E-state index contributed by atoms with van der Waals surface area (Å²) in [6.45, 7) is 6.65. The Labute approximate surface area is 170 Å². The minimum atomic E-state index is -3.93. The summed E-state index contributed by atoms with van der Waals surface area (Å²) in [5, 5.41) is 9.45. The van der Waals surface area contributed by atoms with Crippen LogP contribution in [0.2, 0.25) is 0 Å². The number of hydrogen-bond donors (Lipinski definition) is 1. The van der Waals surface area contributed by atoms with Crippen molar-refractivity contribution >= 4 is 36.8 Å². The van der Waals surface area contributed by atoms with Crippen LogP contribution in [0.25, 0.3) is 0 Å². The quantitative estimate of drug-likeness (QED) is 0.631. The molecule has 6 nitrogen and oxygen atoms in total. The van der Waals surface area contributed by atoms with E-state index in [4.69, 9.17) is 0 Å². The van der Waals surface area contributed by atoms with Gasteiger partial charge in [0.05, 0.1) is 33.1 Å². The van der Waals surface area contributed by atoms with E-state index in [0.717, 1.165) is 0 Å². The maximum atomic E-state index is 14.5. The molecular formula is C17H23BrFN3O3S2. The fourth-order valence-electron chi connectivity index (χ4n) is 2.84. The summed E-state index contributed by atoms with van der Waals surface area (Å²) < 4.78 is 54.5. The van der Waals surface area contributed by atoms with Crippen LogP contribution in [0.1, 0.15) is 52.5 Å². The van der Waals surface area contributed by atoms with Gasteiger partial charge in [-0.25, -0.2) is 22.3 Å². The highest BCUT2D eigenvalue weighted by Gasteiger charge is 2.52. The number of hydrogen-bond acceptors (Lipinski definition) is 5. The maximum absolute atomic E-state index is 14.5.